The molecule has 0 aliphatic carbocycles. The molecule has 0 saturated carbocycles. The van der Waals surface area contributed by atoms with E-state index in [1.165, 1.54) is 17.6 Å². The van der Waals surface area contributed by atoms with E-state index in [4.69, 9.17) is 0 Å². The van der Waals surface area contributed by atoms with Gasteiger partial charge < -0.3 is 0 Å². The van der Waals surface area contributed by atoms with Crippen LogP contribution in [0.3, 0.4) is 0 Å². The van der Waals surface area contributed by atoms with E-state index in [0.717, 1.165) is 16.0 Å². The molecule has 4 nitrogen and oxygen atoms in total. The lowest BCUT2D eigenvalue weighted by molar-refractivity contribution is 0.584. The molecule has 0 bridgehead atoms. The Morgan fingerprint density at radius 3 is 2.42 bits per heavy atom. The van der Waals surface area contributed by atoms with Crippen molar-refractivity contribution >= 4 is 27.6 Å². The first-order chi connectivity index (χ1) is 8.99. The first kappa shape index (κ1) is 13.8. The highest BCUT2D eigenvalue weighted by molar-refractivity contribution is 7.89. The summed E-state index contributed by atoms with van der Waals surface area (Å²) >= 11 is 1.51. The molecule has 0 radical (unpaired) electrons. The topological polar surface area (TPSA) is 58.5 Å². The van der Waals surface area contributed by atoms with Crippen molar-refractivity contribution in [2.75, 3.05) is 0 Å². The SMILES string of the molecule is Cc1ccc(S(=O)(=O)N/N=C/c2sccc2C)cc1. The molecule has 0 saturated heterocycles. The van der Waals surface area contributed by atoms with Crippen LogP contribution in [-0.4, -0.2) is 14.6 Å². The predicted octanol–water partition coefficient (Wildman–Crippen LogP) is 2.68. The molecular weight excluding hydrogens is 280 g/mol. The number of nitrogens with one attached hydrogen (secondary N) is 1. The maximum atomic E-state index is 11.9. The van der Waals surface area contributed by atoms with E-state index >= 15 is 0 Å². The van der Waals surface area contributed by atoms with Crippen LogP contribution in [0.4, 0.5) is 0 Å². The fourth-order valence-corrected chi connectivity index (χ4v) is 3.02. The van der Waals surface area contributed by atoms with Crippen LogP contribution >= 0.6 is 11.3 Å². The normalized spacial score (nSPS) is 11.9. The number of benzene rings is 1. The Bertz CT molecular complexity index is 686. The minimum atomic E-state index is -3.59. The third-order valence-electron chi connectivity index (χ3n) is 2.59. The van der Waals surface area contributed by atoms with Crippen LogP contribution in [0.2, 0.25) is 0 Å². The molecule has 1 aromatic carbocycles. The van der Waals surface area contributed by atoms with Gasteiger partial charge in [0, 0.05) is 0 Å². The smallest absolute Gasteiger partial charge is 0.200 e. The van der Waals surface area contributed by atoms with Gasteiger partial charge in [0.05, 0.1) is 16.0 Å². The number of hydrogen-bond acceptors (Lipinski definition) is 4. The molecule has 2 rings (SSSR count). The second-order valence-electron chi connectivity index (χ2n) is 4.13. The van der Waals surface area contributed by atoms with Crippen LogP contribution in [-0.2, 0) is 10.0 Å². The van der Waals surface area contributed by atoms with E-state index in [1.54, 1.807) is 24.3 Å². The van der Waals surface area contributed by atoms with Crippen molar-refractivity contribution in [2.24, 2.45) is 5.10 Å². The van der Waals surface area contributed by atoms with Crippen molar-refractivity contribution in [2.45, 2.75) is 18.7 Å². The van der Waals surface area contributed by atoms with Gasteiger partial charge in [0.1, 0.15) is 0 Å². The van der Waals surface area contributed by atoms with Crippen molar-refractivity contribution in [1.29, 1.82) is 0 Å². The van der Waals surface area contributed by atoms with E-state index in [-0.39, 0.29) is 4.90 Å². The first-order valence-electron chi connectivity index (χ1n) is 5.65. The molecule has 1 heterocycles. The van der Waals surface area contributed by atoms with Gasteiger partial charge in [-0.15, -0.1) is 11.3 Å². The highest BCUT2D eigenvalue weighted by atomic mass is 32.2. The molecule has 6 heteroatoms. The largest absolute Gasteiger partial charge is 0.276 e. The summed E-state index contributed by atoms with van der Waals surface area (Å²) in [6.45, 7) is 3.86. The molecule has 1 N–H and O–H groups in total. The summed E-state index contributed by atoms with van der Waals surface area (Å²) in [5.41, 5.74) is 2.08. The molecule has 0 fully saturated rings. The minimum Gasteiger partial charge on any atom is -0.200 e. The van der Waals surface area contributed by atoms with Crippen molar-refractivity contribution < 1.29 is 8.42 Å². The Hall–Kier alpha value is -1.66. The van der Waals surface area contributed by atoms with Crippen LogP contribution in [0.1, 0.15) is 16.0 Å². The van der Waals surface area contributed by atoms with Crippen LogP contribution in [0, 0.1) is 13.8 Å². The molecule has 0 spiro atoms. The standard InChI is InChI=1S/C13H14N2O2S2/c1-10-3-5-12(6-4-10)19(16,17)15-14-9-13-11(2)7-8-18-13/h3-9,15H,1-2H3/b14-9+. The lowest BCUT2D eigenvalue weighted by atomic mass is 10.2. The van der Waals surface area contributed by atoms with Crippen LogP contribution in [0.25, 0.3) is 0 Å². The van der Waals surface area contributed by atoms with Gasteiger partial charge in [-0.05, 0) is 43.0 Å². The third kappa shape index (κ3) is 3.42. The summed E-state index contributed by atoms with van der Waals surface area (Å²) in [4.78, 5) is 3.35. The number of sulfonamides is 1. The van der Waals surface area contributed by atoms with Gasteiger partial charge in [-0.3, -0.25) is 0 Å². The molecule has 0 unspecified atom stereocenters. The molecule has 1 aromatic heterocycles. The molecule has 0 aliphatic rings. The summed E-state index contributed by atoms with van der Waals surface area (Å²) in [5.74, 6) is 0. The number of thiophene rings is 1. The highest BCUT2D eigenvalue weighted by Gasteiger charge is 2.11. The second kappa shape index (κ2) is 5.54. The predicted molar refractivity (Wildman–Crippen MR) is 78.2 cm³/mol. The Kier molecular flexibility index (Phi) is 4.01. The fourth-order valence-electron chi connectivity index (χ4n) is 1.44. The van der Waals surface area contributed by atoms with E-state index in [9.17, 15) is 8.42 Å². The average molecular weight is 294 g/mol. The van der Waals surface area contributed by atoms with Gasteiger partial charge in [0.25, 0.3) is 10.0 Å². The number of rotatable bonds is 4. The molecular formula is C13H14N2O2S2. The maximum absolute atomic E-state index is 11.9. The van der Waals surface area contributed by atoms with Crippen molar-refractivity contribution in [3.8, 4) is 0 Å². The lowest BCUT2D eigenvalue weighted by Gasteiger charge is -2.03. The molecule has 2 aromatic rings. The van der Waals surface area contributed by atoms with Gasteiger partial charge in [-0.25, -0.2) is 4.83 Å². The Morgan fingerprint density at radius 2 is 1.84 bits per heavy atom. The van der Waals surface area contributed by atoms with Crippen LogP contribution in [0.15, 0.2) is 45.7 Å². The molecule has 0 aliphatic heterocycles. The fraction of sp³-hybridized carbons (Fsp3) is 0.154. The zero-order valence-electron chi connectivity index (χ0n) is 10.6. The Labute approximate surface area is 116 Å². The molecule has 0 amide bonds. The quantitative estimate of drug-likeness (QED) is 0.696. The highest BCUT2D eigenvalue weighted by Crippen LogP contribution is 2.13. The summed E-state index contributed by atoms with van der Waals surface area (Å²) in [5, 5.41) is 5.73. The van der Waals surface area contributed by atoms with E-state index < -0.39 is 10.0 Å². The molecule has 0 atom stereocenters. The van der Waals surface area contributed by atoms with E-state index in [2.05, 4.69) is 9.93 Å². The first-order valence-corrected chi connectivity index (χ1v) is 8.01. The van der Waals surface area contributed by atoms with Crippen molar-refractivity contribution in [1.82, 2.24) is 4.83 Å². The summed E-state index contributed by atoms with van der Waals surface area (Å²) in [6.07, 6.45) is 1.52. The van der Waals surface area contributed by atoms with Crippen molar-refractivity contribution in [3.05, 3.63) is 51.7 Å². The summed E-state index contributed by atoms with van der Waals surface area (Å²) < 4.78 is 23.9. The van der Waals surface area contributed by atoms with Gasteiger partial charge in [-0.1, -0.05) is 17.7 Å². The maximum Gasteiger partial charge on any atom is 0.276 e. The van der Waals surface area contributed by atoms with Crippen LogP contribution in [0.5, 0.6) is 0 Å². The van der Waals surface area contributed by atoms with Gasteiger partial charge >= 0.3 is 0 Å². The Morgan fingerprint density at radius 1 is 1.16 bits per heavy atom. The van der Waals surface area contributed by atoms with E-state index in [1.807, 2.05) is 25.3 Å². The zero-order valence-corrected chi connectivity index (χ0v) is 12.3. The number of nitrogens with zero attached hydrogens (tertiary/aromatic N) is 1. The lowest BCUT2D eigenvalue weighted by Crippen LogP contribution is -2.18. The number of hydrogen-bond donors (Lipinski definition) is 1. The van der Waals surface area contributed by atoms with Gasteiger partial charge in [0.15, 0.2) is 0 Å². The van der Waals surface area contributed by atoms with Crippen molar-refractivity contribution in [3.63, 3.8) is 0 Å². The zero-order chi connectivity index (χ0) is 13.9. The van der Waals surface area contributed by atoms with Crippen LogP contribution < -0.4 is 4.83 Å². The summed E-state index contributed by atoms with van der Waals surface area (Å²) in [6, 6.07) is 8.58. The summed E-state index contributed by atoms with van der Waals surface area (Å²) in [7, 11) is -3.59. The second-order valence-corrected chi connectivity index (χ2v) is 6.74. The number of hydrazone groups is 1. The van der Waals surface area contributed by atoms with Gasteiger partial charge in [0.2, 0.25) is 0 Å². The molecule has 19 heavy (non-hydrogen) atoms. The Balaban J connectivity index is 2.12. The van der Waals surface area contributed by atoms with E-state index in [0.29, 0.717) is 0 Å². The average Bonchev–Trinajstić information content (AvgIpc) is 2.75. The number of aryl methyl sites for hydroxylation is 2. The molecule has 100 valence electrons. The third-order valence-corrected chi connectivity index (χ3v) is 4.78. The monoisotopic (exact) mass is 294 g/mol. The van der Waals surface area contributed by atoms with Gasteiger partial charge in [-0.2, -0.15) is 13.5 Å². The minimum absolute atomic E-state index is 0.207.